The SMILES string of the molecule is CC(C)(C)OC(=O)N1CCC(Nc2ccc(Br)cc2NC(C#N)=C(C#N)C#N)CC1. The molecule has 8 nitrogen and oxygen atoms in total. The number of piperidine rings is 1. The number of nitrogens with one attached hydrogen (secondary N) is 2. The van der Waals surface area contributed by atoms with Crippen LogP contribution in [0.25, 0.3) is 0 Å². The third kappa shape index (κ3) is 6.40. The van der Waals surface area contributed by atoms with Gasteiger partial charge in [0.2, 0.25) is 0 Å². The van der Waals surface area contributed by atoms with Crippen LogP contribution in [0.1, 0.15) is 33.6 Å². The van der Waals surface area contributed by atoms with Crippen LogP contribution in [0.3, 0.4) is 0 Å². The summed E-state index contributed by atoms with van der Waals surface area (Å²) in [4.78, 5) is 13.9. The van der Waals surface area contributed by atoms with Crippen LogP contribution in [-0.2, 0) is 4.74 Å². The minimum absolute atomic E-state index is 0.110. The quantitative estimate of drug-likeness (QED) is 0.620. The molecule has 1 aromatic carbocycles. The summed E-state index contributed by atoms with van der Waals surface area (Å²) >= 11 is 3.40. The van der Waals surface area contributed by atoms with Crippen molar-refractivity contribution in [3.05, 3.63) is 33.9 Å². The van der Waals surface area contributed by atoms with Gasteiger partial charge in [0, 0.05) is 23.6 Å². The first kappa shape index (κ1) is 23.1. The van der Waals surface area contributed by atoms with Crippen molar-refractivity contribution in [2.75, 3.05) is 23.7 Å². The monoisotopic (exact) mass is 470 g/mol. The van der Waals surface area contributed by atoms with Gasteiger partial charge >= 0.3 is 6.09 Å². The van der Waals surface area contributed by atoms with Gasteiger partial charge in [-0.2, -0.15) is 15.8 Å². The highest BCUT2D eigenvalue weighted by Gasteiger charge is 2.27. The lowest BCUT2D eigenvalue weighted by molar-refractivity contribution is 0.0210. The van der Waals surface area contributed by atoms with Crippen molar-refractivity contribution in [2.45, 2.75) is 45.3 Å². The minimum atomic E-state index is -0.526. The number of halogens is 1. The van der Waals surface area contributed by atoms with Crippen LogP contribution in [0.5, 0.6) is 0 Å². The number of benzene rings is 1. The zero-order valence-electron chi connectivity index (χ0n) is 17.1. The van der Waals surface area contributed by atoms with E-state index in [4.69, 9.17) is 15.3 Å². The number of rotatable bonds is 4. The van der Waals surface area contributed by atoms with Gasteiger partial charge in [0.25, 0.3) is 0 Å². The maximum Gasteiger partial charge on any atom is 0.410 e. The van der Waals surface area contributed by atoms with Crippen molar-refractivity contribution < 1.29 is 9.53 Å². The van der Waals surface area contributed by atoms with Crippen LogP contribution >= 0.6 is 15.9 Å². The average Bonchev–Trinajstić information content (AvgIpc) is 2.69. The normalized spacial score (nSPS) is 14.0. The summed E-state index contributed by atoms with van der Waals surface area (Å²) in [7, 11) is 0. The van der Waals surface area contributed by atoms with E-state index in [-0.39, 0.29) is 23.4 Å². The van der Waals surface area contributed by atoms with Gasteiger partial charge < -0.3 is 20.3 Å². The Morgan fingerprint density at radius 1 is 1.13 bits per heavy atom. The highest BCUT2D eigenvalue weighted by Crippen LogP contribution is 2.30. The number of carbonyl (C=O) groups excluding carboxylic acids is 1. The minimum Gasteiger partial charge on any atom is -0.444 e. The molecule has 9 heteroatoms. The predicted molar refractivity (Wildman–Crippen MR) is 116 cm³/mol. The molecule has 1 amide bonds. The fourth-order valence-corrected chi connectivity index (χ4v) is 3.28. The lowest BCUT2D eigenvalue weighted by Gasteiger charge is -2.34. The second-order valence-corrected chi connectivity index (χ2v) is 8.70. The number of nitrogens with zero attached hydrogens (tertiary/aromatic N) is 4. The molecule has 1 fully saturated rings. The van der Waals surface area contributed by atoms with Gasteiger partial charge in [-0.15, -0.1) is 0 Å². The van der Waals surface area contributed by atoms with Crippen molar-refractivity contribution in [1.82, 2.24) is 4.90 Å². The molecule has 0 aromatic heterocycles. The van der Waals surface area contributed by atoms with Crippen LogP contribution in [0.2, 0.25) is 0 Å². The first-order valence-electron chi connectivity index (χ1n) is 9.42. The van der Waals surface area contributed by atoms with E-state index in [9.17, 15) is 10.1 Å². The van der Waals surface area contributed by atoms with E-state index in [2.05, 4.69) is 26.6 Å². The zero-order chi connectivity index (χ0) is 22.3. The van der Waals surface area contributed by atoms with Gasteiger partial charge in [-0.1, -0.05) is 15.9 Å². The molecule has 30 heavy (non-hydrogen) atoms. The summed E-state index contributed by atoms with van der Waals surface area (Å²) in [5.74, 6) is 0. The highest BCUT2D eigenvalue weighted by molar-refractivity contribution is 9.10. The van der Waals surface area contributed by atoms with E-state index < -0.39 is 5.60 Å². The molecule has 2 rings (SSSR count). The van der Waals surface area contributed by atoms with Gasteiger partial charge in [0.1, 0.15) is 29.5 Å². The fourth-order valence-electron chi connectivity index (χ4n) is 2.92. The van der Waals surface area contributed by atoms with Gasteiger partial charge in [-0.05, 0) is 51.8 Å². The van der Waals surface area contributed by atoms with E-state index in [1.807, 2.05) is 39.0 Å². The Kier molecular flexibility index (Phi) is 7.69. The van der Waals surface area contributed by atoms with Crippen LogP contribution in [-0.4, -0.2) is 35.7 Å². The molecule has 1 aromatic rings. The number of carbonyl (C=O) groups is 1. The number of amides is 1. The van der Waals surface area contributed by atoms with Crippen LogP contribution < -0.4 is 10.6 Å². The maximum atomic E-state index is 12.2. The average molecular weight is 471 g/mol. The van der Waals surface area contributed by atoms with E-state index in [1.165, 1.54) is 0 Å². The summed E-state index contributed by atoms with van der Waals surface area (Å²) < 4.78 is 6.21. The van der Waals surface area contributed by atoms with E-state index in [0.29, 0.717) is 18.8 Å². The molecule has 1 aliphatic rings. The summed E-state index contributed by atoms with van der Waals surface area (Å²) in [5, 5.41) is 33.7. The van der Waals surface area contributed by atoms with Crippen molar-refractivity contribution in [2.24, 2.45) is 0 Å². The van der Waals surface area contributed by atoms with Gasteiger partial charge in [-0.25, -0.2) is 4.79 Å². The largest absolute Gasteiger partial charge is 0.444 e. The fraction of sp³-hybridized carbons (Fsp3) is 0.429. The van der Waals surface area contributed by atoms with Crippen LogP contribution in [0, 0.1) is 34.0 Å². The van der Waals surface area contributed by atoms with Crippen LogP contribution in [0.4, 0.5) is 16.2 Å². The number of hydrogen-bond acceptors (Lipinski definition) is 7. The second-order valence-electron chi connectivity index (χ2n) is 7.79. The molecule has 0 unspecified atom stereocenters. The first-order chi connectivity index (χ1) is 14.2. The van der Waals surface area contributed by atoms with Crippen molar-refractivity contribution in [3.8, 4) is 18.2 Å². The summed E-state index contributed by atoms with van der Waals surface area (Å²) in [5.41, 5.74) is 0.382. The molecule has 0 bridgehead atoms. The Bertz CT molecular complexity index is 938. The van der Waals surface area contributed by atoms with Crippen LogP contribution in [0.15, 0.2) is 33.9 Å². The standard InChI is InChI=1S/C21H23BrN6O2/c1-21(2,3)30-20(29)28-8-6-16(7-9-28)26-17-5-4-15(22)10-18(17)27-19(13-25)14(11-23)12-24/h4-5,10,16,26-27H,6-9H2,1-3H3. The molecular weight excluding hydrogens is 448 g/mol. The van der Waals surface area contributed by atoms with Crippen molar-refractivity contribution in [3.63, 3.8) is 0 Å². The first-order valence-corrected chi connectivity index (χ1v) is 10.2. The number of allylic oxidation sites excluding steroid dienone is 2. The summed E-state index contributed by atoms with van der Waals surface area (Å²) in [6.07, 6.45) is 1.16. The third-order valence-corrected chi connectivity index (χ3v) is 4.83. The Labute approximate surface area is 184 Å². The molecule has 156 valence electrons. The van der Waals surface area contributed by atoms with Gasteiger partial charge in [0.05, 0.1) is 11.4 Å². The molecule has 1 saturated heterocycles. The molecule has 0 saturated carbocycles. The lowest BCUT2D eigenvalue weighted by atomic mass is 10.0. The Morgan fingerprint density at radius 3 is 2.30 bits per heavy atom. The summed E-state index contributed by atoms with van der Waals surface area (Å²) in [6.45, 7) is 6.67. The third-order valence-electron chi connectivity index (χ3n) is 4.33. The number of anilines is 2. The number of hydrogen-bond donors (Lipinski definition) is 2. The second kappa shape index (κ2) is 10.0. The Balaban J connectivity index is 2.10. The number of likely N-dealkylation sites (tertiary alicyclic amines) is 1. The van der Waals surface area contributed by atoms with E-state index in [0.717, 1.165) is 23.0 Å². The highest BCUT2D eigenvalue weighted by atomic mass is 79.9. The molecule has 0 spiro atoms. The molecule has 0 atom stereocenters. The summed E-state index contributed by atoms with van der Waals surface area (Å²) in [6, 6.07) is 10.9. The van der Waals surface area contributed by atoms with Crippen molar-refractivity contribution >= 4 is 33.4 Å². The topological polar surface area (TPSA) is 125 Å². The number of nitriles is 3. The predicted octanol–water partition coefficient (Wildman–Crippen LogP) is 4.50. The zero-order valence-corrected chi connectivity index (χ0v) is 18.7. The lowest BCUT2D eigenvalue weighted by Crippen LogP contribution is -2.44. The Morgan fingerprint density at radius 2 is 1.77 bits per heavy atom. The number of ether oxygens (including phenoxy) is 1. The molecule has 1 aliphatic heterocycles. The maximum absolute atomic E-state index is 12.2. The van der Waals surface area contributed by atoms with E-state index >= 15 is 0 Å². The smallest absolute Gasteiger partial charge is 0.410 e. The molecular formula is C21H23BrN6O2. The van der Waals surface area contributed by atoms with Crippen molar-refractivity contribution in [1.29, 1.82) is 15.8 Å². The molecule has 0 radical (unpaired) electrons. The van der Waals surface area contributed by atoms with E-state index in [1.54, 1.807) is 23.1 Å². The van der Waals surface area contributed by atoms with Gasteiger partial charge in [0.15, 0.2) is 5.57 Å². The Hall–Kier alpha value is -3.22. The molecule has 1 heterocycles. The van der Waals surface area contributed by atoms with Gasteiger partial charge in [-0.3, -0.25) is 0 Å². The molecule has 2 N–H and O–H groups in total. The molecule has 0 aliphatic carbocycles.